The number of hydrogen-bond acceptors (Lipinski definition) is 7. The lowest BCUT2D eigenvalue weighted by molar-refractivity contribution is -0.260. The first-order valence-electron chi connectivity index (χ1n) is 8.77. The first-order valence-corrected chi connectivity index (χ1v) is 8.77. The van der Waals surface area contributed by atoms with Gasteiger partial charge in [-0.2, -0.15) is 0 Å². The Bertz CT molecular complexity index is 464. The fourth-order valence-electron chi connectivity index (χ4n) is 2.92. The second kappa shape index (κ2) is 10.4. The minimum Gasteiger partial charge on any atom is -0.481 e. The normalized spacial score (nSPS) is 27.4. The first kappa shape index (κ1) is 21.4. The number of ether oxygens (including phenoxy) is 3. The molecule has 5 atom stereocenters. The standard InChI is InChI=1S/C17H28O8/c1-4-7-12(18)24-14-11(10(6-3)16(20)21)9-23-17(22)15(14)25-13(19)8-5-2/h10-11,14-15,17,22H,4-9H2,1-3H3,(H,20,21)/t10?,11-,14+,15-,17?/m1/s1. The molecule has 8 nitrogen and oxygen atoms in total. The van der Waals surface area contributed by atoms with Crippen LogP contribution in [0, 0.1) is 11.8 Å². The molecular weight excluding hydrogens is 332 g/mol. The van der Waals surface area contributed by atoms with Crippen LogP contribution in [-0.4, -0.2) is 53.2 Å². The monoisotopic (exact) mass is 360 g/mol. The molecule has 2 N–H and O–H groups in total. The van der Waals surface area contributed by atoms with Gasteiger partial charge in [-0.05, 0) is 19.3 Å². The molecule has 0 aliphatic carbocycles. The van der Waals surface area contributed by atoms with Gasteiger partial charge in [0.05, 0.1) is 12.5 Å². The average Bonchev–Trinajstić information content (AvgIpc) is 2.53. The molecule has 1 aliphatic rings. The molecule has 0 bridgehead atoms. The molecule has 25 heavy (non-hydrogen) atoms. The highest BCUT2D eigenvalue weighted by Crippen LogP contribution is 2.32. The van der Waals surface area contributed by atoms with Gasteiger partial charge in [-0.1, -0.05) is 20.8 Å². The van der Waals surface area contributed by atoms with E-state index in [4.69, 9.17) is 14.2 Å². The summed E-state index contributed by atoms with van der Waals surface area (Å²) < 4.78 is 15.9. The van der Waals surface area contributed by atoms with E-state index in [-0.39, 0.29) is 25.9 Å². The van der Waals surface area contributed by atoms with Gasteiger partial charge >= 0.3 is 17.9 Å². The van der Waals surface area contributed by atoms with E-state index < -0.39 is 48.2 Å². The number of carboxylic acid groups (broad SMARTS) is 1. The lowest BCUT2D eigenvalue weighted by Crippen LogP contribution is -2.56. The summed E-state index contributed by atoms with van der Waals surface area (Å²) in [4.78, 5) is 35.4. The number of aliphatic hydroxyl groups is 1. The van der Waals surface area contributed by atoms with Gasteiger partial charge < -0.3 is 24.4 Å². The van der Waals surface area contributed by atoms with E-state index in [0.717, 1.165) is 0 Å². The highest BCUT2D eigenvalue weighted by atomic mass is 16.7. The van der Waals surface area contributed by atoms with Gasteiger partial charge in [0.1, 0.15) is 6.10 Å². The van der Waals surface area contributed by atoms with E-state index in [1.54, 1.807) is 13.8 Å². The summed E-state index contributed by atoms with van der Waals surface area (Å²) >= 11 is 0. The van der Waals surface area contributed by atoms with E-state index in [2.05, 4.69) is 0 Å². The van der Waals surface area contributed by atoms with E-state index in [1.807, 2.05) is 6.92 Å². The highest BCUT2D eigenvalue weighted by Gasteiger charge is 2.48. The Morgan fingerprint density at radius 3 is 2.00 bits per heavy atom. The van der Waals surface area contributed by atoms with Crippen molar-refractivity contribution in [2.45, 2.75) is 71.4 Å². The molecule has 1 fully saturated rings. The van der Waals surface area contributed by atoms with Crippen LogP contribution in [-0.2, 0) is 28.6 Å². The number of carboxylic acids is 1. The molecule has 0 aromatic rings. The molecule has 0 aromatic carbocycles. The third-order valence-electron chi connectivity index (χ3n) is 4.20. The van der Waals surface area contributed by atoms with Crippen LogP contribution in [0.15, 0.2) is 0 Å². The Hall–Kier alpha value is -1.67. The van der Waals surface area contributed by atoms with Gasteiger partial charge in [-0.25, -0.2) is 0 Å². The molecule has 144 valence electrons. The number of rotatable bonds is 9. The molecule has 2 unspecified atom stereocenters. The zero-order valence-corrected chi connectivity index (χ0v) is 15.0. The number of hydrogen-bond donors (Lipinski definition) is 2. The third kappa shape index (κ3) is 5.97. The number of aliphatic hydroxyl groups excluding tert-OH is 1. The van der Waals surface area contributed by atoms with Crippen molar-refractivity contribution >= 4 is 17.9 Å². The van der Waals surface area contributed by atoms with Crippen LogP contribution in [0.25, 0.3) is 0 Å². The fraction of sp³-hybridized carbons (Fsp3) is 0.824. The lowest BCUT2D eigenvalue weighted by atomic mass is 9.82. The summed E-state index contributed by atoms with van der Waals surface area (Å²) in [6.45, 7) is 5.21. The zero-order valence-electron chi connectivity index (χ0n) is 15.0. The summed E-state index contributed by atoms with van der Waals surface area (Å²) in [5.41, 5.74) is 0. The summed E-state index contributed by atoms with van der Waals surface area (Å²) in [5, 5.41) is 19.5. The Morgan fingerprint density at radius 2 is 1.56 bits per heavy atom. The van der Waals surface area contributed by atoms with Crippen molar-refractivity contribution in [3.05, 3.63) is 0 Å². The summed E-state index contributed by atoms with van der Waals surface area (Å²) in [7, 11) is 0. The van der Waals surface area contributed by atoms with Crippen LogP contribution in [0.2, 0.25) is 0 Å². The quantitative estimate of drug-likeness (QED) is 0.594. The Labute approximate surface area is 147 Å². The van der Waals surface area contributed by atoms with Gasteiger partial charge in [-0.3, -0.25) is 14.4 Å². The van der Waals surface area contributed by atoms with E-state index >= 15 is 0 Å². The van der Waals surface area contributed by atoms with Crippen LogP contribution in [0.1, 0.15) is 52.9 Å². The molecular formula is C17H28O8. The fourth-order valence-corrected chi connectivity index (χ4v) is 2.92. The van der Waals surface area contributed by atoms with Crippen molar-refractivity contribution < 1.29 is 38.8 Å². The van der Waals surface area contributed by atoms with Gasteiger partial charge in [0, 0.05) is 18.8 Å². The topological polar surface area (TPSA) is 119 Å². The van der Waals surface area contributed by atoms with E-state index in [1.165, 1.54) is 0 Å². The largest absolute Gasteiger partial charge is 0.481 e. The highest BCUT2D eigenvalue weighted by molar-refractivity contribution is 5.72. The van der Waals surface area contributed by atoms with Gasteiger partial charge in [0.2, 0.25) is 0 Å². The molecule has 8 heteroatoms. The average molecular weight is 360 g/mol. The van der Waals surface area contributed by atoms with E-state index in [9.17, 15) is 24.6 Å². The Morgan fingerprint density at radius 1 is 1.04 bits per heavy atom. The summed E-state index contributed by atoms with van der Waals surface area (Å²) in [6, 6.07) is 0. The molecule has 1 heterocycles. The van der Waals surface area contributed by atoms with Gasteiger partial charge in [-0.15, -0.1) is 0 Å². The number of carbonyl (C=O) groups is 3. The lowest BCUT2D eigenvalue weighted by Gasteiger charge is -2.41. The number of carbonyl (C=O) groups excluding carboxylic acids is 2. The SMILES string of the molecule is CCCC(=O)O[C@H]1[C@@H](C(CC)C(=O)O)COC(O)[C@@H]1OC(=O)CCC. The molecule has 0 radical (unpaired) electrons. The van der Waals surface area contributed by atoms with Crippen molar-refractivity contribution in [3.63, 3.8) is 0 Å². The molecule has 1 saturated heterocycles. The maximum Gasteiger partial charge on any atom is 0.306 e. The molecule has 0 amide bonds. The smallest absolute Gasteiger partial charge is 0.306 e. The van der Waals surface area contributed by atoms with Gasteiger partial charge in [0.25, 0.3) is 0 Å². The second-order valence-electron chi connectivity index (χ2n) is 6.15. The van der Waals surface area contributed by atoms with Crippen molar-refractivity contribution in [3.8, 4) is 0 Å². The maximum absolute atomic E-state index is 12.0. The van der Waals surface area contributed by atoms with Crippen LogP contribution in [0.3, 0.4) is 0 Å². The molecule has 0 spiro atoms. The minimum atomic E-state index is -1.47. The van der Waals surface area contributed by atoms with Crippen molar-refractivity contribution in [1.82, 2.24) is 0 Å². The maximum atomic E-state index is 12.0. The molecule has 0 saturated carbocycles. The van der Waals surface area contributed by atoms with Crippen LogP contribution >= 0.6 is 0 Å². The summed E-state index contributed by atoms with van der Waals surface area (Å²) in [5.74, 6) is -3.70. The zero-order chi connectivity index (χ0) is 19.0. The van der Waals surface area contributed by atoms with Gasteiger partial charge in [0.15, 0.2) is 12.4 Å². The predicted octanol–water partition coefficient (Wildman–Crippen LogP) is 1.49. The molecule has 1 aliphatic heterocycles. The summed E-state index contributed by atoms with van der Waals surface area (Å²) in [6.07, 6.45) is -2.08. The Balaban J connectivity index is 3.07. The van der Waals surface area contributed by atoms with Crippen molar-refractivity contribution in [2.24, 2.45) is 11.8 Å². The molecule has 0 aromatic heterocycles. The predicted molar refractivity (Wildman–Crippen MR) is 86.4 cm³/mol. The first-order chi connectivity index (χ1) is 11.8. The minimum absolute atomic E-state index is 0.0993. The number of esters is 2. The Kier molecular flexibility index (Phi) is 8.85. The van der Waals surface area contributed by atoms with Crippen LogP contribution < -0.4 is 0 Å². The van der Waals surface area contributed by atoms with Crippen molar-refractivity contribution in [2.75, 3.05) is 6.61 Å². The van der Waals surface area contributed by atoms with Crippen molar-refractivity contribution in [1.29, 1.82) is 0 Å². The molecule has 1 rings (SSSR count). The number of aliphatic carboxylic acids is 1. The van der Waals surface area contributed by atoms with Crippen LogP contribution in [0.5, 0.6) is 0 Å². The second-order valence-corrected chi connectivity index (χ2v) is 6.15. The van der Waals surface area contributed by atoms with E-state index in [0.29, 0.717) is 12.8 Å². The van der Waals surface area contributed by atoms with Crippen LogP contribution in [0.4, 0.5) is 0 Å². The third-order valence-corrected chi connectivity index (χ3v) is 4.20.